The first-order chi connectivity index (χ1) is 17.4. The Morgan fingerprint density at radius 1 is 1.06 bits per heavy atom. The third kappa shape index (κ3) is 6.44. The second-order valence-electron chi connectivity index (χ2n) is 8.28. The van der Waals surface area contributed by atoms with Crippen molar-refractivity contribution in [2.24, 2.45) is 0 Å². The van der Waals surface area contributed by atoms with Gasteiger partial charge in [0.15, 0.2) is 5.82 Å². The highest BCUT2D eigenvalue weighted by molar-refractivity contribution is 7.77. The van der Waals surface area contributed by atoms with Crippen LogP contribution in [0.15, 0.2) is 42.6 Å². The first kappa shape index (κ1) is 26.6. The van der Waals surface area contributed by atoms with Crippen LogP contribution in [0.2, 0.25) is 10.0 Å². The maximum Gasteiger partial charge on any atom is 0.232 e. The molecule has 36 heavy (non-hydrogen) atoms. The molecule has 2 aromatic carbocycles. The van der Waals surface area contributed by atoms with Crippen molar-refractivity contribution >= 4 is 63.3 Å². The maximum atomic E-state index is 11.0. The largest absolute Gasteiger partial charge is 0.370 e. The molecule has 0 fully saturated rings. The van der Waals surface area contributed by atoms with Gasteiger partial charge in [0.2, 0.25) is 17.2 Å². The van der Waals surface area contributed by atoms with E-state index >= 15 is 0 Å². The molecule has 9 nitrogen and oxygen atoms in total. The Morgan fingerprint density at radius 3 is 2.61 bits per heavy atom. The topological polar surface area (TPSA) is 106 Å². The molecule has 12 heteroatoms. The van der Waals surface area contributed by atoms with Crippen LogP contribution in [0.1, 0.15) is 25.0 Å². The average Bonchev–Trinajstić information content (AvgIpc) is 3.04. The Bertz CT molecular complexity index is 1250. The van der Waals surface area contributed by atoms with E-state index in [4.69, 9.17) is 27.8 Å². The summed E-state index contributed by atoms with van der Waals surface area (Å²) in [6.07, 6.45) is 1.51. The first-order valence-corrected chi connectivity index (χ1v) is 13.5. The molecule has 1 unspecified atom stereocenters. The van der Waals surface area contributed by atoms with Crippen molar-refractivity contribution in [3.05, 3.63) is 63.8 Å². The number of fused-ring (bicyclic) bond motifs is 1. The van der Waals surface area contributed by atoms with Gasteiger partial charge < -0.3 is 15.5 Å². The Hall–Kier alpha value is -2.47. The van der Waals surface area contributed by atoms with Crippen LogP contribution in [-0.2, 0) is 24.4 Å². The van der Waals surface area contributed by atoms with Gasteiger partial charge in [-0.2, -0.15) is 4.98 Å². The fourth-order valence-electron chi connectivity index (χ4n) is 4.12. The van der Waals surface area contributed by atoms with Crippen LogP contribution in [-0.4, -0.2) is 49.8 Å². The van der Waals surface area contributed by atoms with E-state index in [1.54, 1.807) is 0 Å². The van der Waals surface area contributed by atoms with Crippen molar-refractivity contribution in [1.29, 1.82) is 0 Å². The summed E-state index contributed by atoms with van der Waals surface area (Å²) in [5.41, 5.74) is 4.53. The van der Waals surface area contributed by atoms with Gasteiger partial charge in [-0.05, 0) is 42.8 Å². The van der Waals surface area contributed by atoms with Crippen LogP contribution in [0.3, 0.4) is 0 Å². The molecule has 4 N–H and O–H groups in total. The number of halogens is 2. The van der Waals surface area contributed by atoms with E-state index in [-0.39, 0.29) is 6.54 Å². The predicted octanol–water partition coefficient (Wildman–Crippen LogP) is 5.16. The molecule has 0 saturated heterocycles. The summed E-state index contributed by atoms with van der Waals surface area (Å²) in [6.45, 7) is 9.20. The number of anilines is 5. The second-order valence-corrected chi connectivity index (χ2v) is 9.88. The fraction of sp³-hybridized carbons (Fsp3) is 0.333. The molecule has 4 rings (SSSR count). The first-order valence-electron chi connectivity index (χ1n) is 11.7. The van der Waals surface area contributed by atoms with E-state index in [0.717, 1.165) is 44.0 Å². The molecule has 192 valence electrons. The van der Waals surface area contributed by atoms with Gasteiger partial charge in [-0.1, -0.05) is 48.3 Å². The Kier molecular flexibility index (Phi) is 9.00. The molecule has 0 aliphatic carbocycles. The number of nitrogens with zero attached hydrogens (tertiary/aromatic N) is 4. The fourth-order valence-corrected chi connectivity index (χ4v) is 4.77. The van der Waals surface area contributed by atoms with Crippen molar-refractivity contribution in [3.8, 4) is 0 Å². The molecule has 1 aliphatic rings. The summed E-state index contributed by atoms with van der Waals surface area (Å²) in [4.78, 5) is 13.7. The molecule has 1 aromatic heterocycles. The third-order valence-corrected chi connectivity index (χ3v) is 7.05. The number of rotatable bonds is 9. The quantitative estimate of drug-likeness (QED) is 0.271. The van der Waals surface area contributed by atoms with Crippen molar-refractivity contribution < 1.29 is 8.76 Å². The predicted molar refractivity (Wildman–Crippen MR) is 148 cm³/mol. The molecular weight excluding hydrogens is 521 g/mol. The lowest BCUT2D eigenvalue weighted by atomic mass is 10.1. The molecule has 0 spiro atoms. The van der Waals surface area contributed by atoms with Gasteiger partial charge in [0.25, 0.3) is 0 Å². The lowest BCUT2D eigenvalue weighted by Crippen LogP contribution is -2.31. The summed E-state index contributed by atoms with van der Waals surface area (Å²) in [5, 5.41) is 7.36. The summed E-state index contributed by atoms with van der Waals surface area (Å²) in [6, 6.07) is 11.4. The second kappa shape index (κ2) is 12.2. The average molecular weight is 551 g/mol. The Balaban J connectivity index is 1.60. The van der Waals surface area contributed by atoms with Crippen LogP contribution in [0, 0.1) is 0 Å². The smallest absolute Gasteiger partial charge is 0.232 e. The van der Waals surface area contributed by atoms with Crippen molar-refractivity contribution in [3.63, 3.8) is 0 Å². The van der Waals surface area contributed by atoms with Gasteiger partial charge >= 0.3 is 0 Å². The summed E-state index contributed by atoms with van der Waals surface area (Å²) >= 11 is 10.9. The van der Waals surface area contributed by atoms with E-state index in [0.29, 0.717) is 33.2 Å². The van der Waals surface area contributed by atoms with Gasteiger partial charge in [-0.3, -0.25) is 9.45 Å². The van der Waals surface area contributed by atoms with Crippen LogP contribution in [0.25, 0.3) is 0 Å². The van der Waals surface area contributed by atoms with Crippen molar-refractivity contribution in [2.45, 2.75) is 26.9 Å². The number of benzene rings is 2. The monoisotopic (exact) mass is 549 g/mol. The molecule has 3 aromatic rings. The number of para-hydroxylation sites is 1. The molecule has 1 aliphatic heterocycles. The van der Waals surface area contributed by atoms with Gasteiger partial charge in [0.05, 0.1) is 16.9 Å². The number of aromatic nitrogens is 2. The van der Waals surface area contributed by atoms with Crippen LogP contribution in [0.4, 0.5) is 28.8 Å². The highest BCUT2D eigenvalue weighted by Crippen LogP contribution is 2.35. The minimum Gasteiger partial charge on any atom is -0.370 e. The van der Waals surface area contributed by atoms with E-state index in [1.807, 2.05) is 30.3 Å². The maximum absolute atomic E-state index is 11.0. The molecule has 0 saturated carbocycles. The standard InChI is InChI=1S/C24H29Cl2N7O2S/c1-3-32-9-10-33(4-2)22-12-21(18(25)11-17(22)15-32)30-24-27-14-19(26)23(31-24)29-20-8-6-5-7-16(20)13-28-36(34)35/h5-8,11-12,14,28H,3-4,9-10,13,15H2,1-2H3,(H,34,35)(H2,27,29,30,31). The van der Waals surface area contributed by atoms with Crippen molar-refractivity contribution in [1.82, 2.24) is 19.6 Å². The zero-order valence-corrected chi connectivity index (χ0v) is 22.4. The lowest BCUT2D eigenvalue weighted by Gasteiger charge is -2.24. The minimum absolute atomic E-state index is 0.189. The van der Waals surface area contributed by atoms with Gasteiger partial charge in [0.1, 0.15) is 5.02 Å². The highest BCUT2D eigenvalue weighted by Gasteiger charge is 2.20. The zero-order chi connectivity index (χ0) is 25.7. The van der Waals surface area contributed by atoms with Crippen LogP contribution >= 0.6 is 23.2 Å². The number of hydrogen-bond donors (Lipinski definition) is 4. The summed E-state index contributed by atoms with van der Waals surface area (Å²) in [5.74, 6) is 0.731. The Morgan fingerprint density at radius 2 is 1.86 bits per heavy atom. The SMILES string of the molecule is CCN1CCN(CC)c2cc(Nc3ncc(Cl)c(Nc4ccccc4CNS(=O)O)n3)c(Cl)cc2C1. The minimum atomic E-state index is -2.12. The molecule has 0 amide bonds. The molecule has 1 atom stereocenters. The third-order valence-electron chi connectivity index (χ3n) is 6.07. The number of likely N-dealkylation sites (N-methyl/N-ethyl adjacent to an activating group) is 2. The van der Waals surface area contributed by atoms with E-state index < -0.39 is 11.3 Å². The molecule has 0 bridgehead atoms. The van der Waals surface area contributed by atoms with E-state index in [1.165, 1.54) is 11.8 Å². The van der Waals surface area contributed by atoms with Crippen LogP contribution in [0.5, 0.6) is 0 Å². The van der Waals surface area contributed by atoms with Crippen LogP contribution < -0.4 is 20.3 Å². The summed E-state index contributed by atoms with van der Waals surface area (Å²) in [7, 11) is 0. The van der Waals surface area contributed by atoms with E-state index in [9.17, 15) is 4.21 Å². The zero-order valence-electron chi connectivity index (χ0n) is 20.1. The normalized spacial score (nSPS) is 14.8. The molecule has 2 heterocycles. The number of nitrogens with one attached hydrogen (secondary N) is 3. The van der Waals surface area contributed by atoms with Gasteiger partial charge in [0, 0.05) is 44.1 Å². The highest BCUT2D eigenvalue weighted by atomic mass is 35.5. The van der Waals surface area contributed by atoms with Gasteiger partial charge in [-0.25, -0.2) is 13.9 Å². The van der Waals surface area contributed by atoms with E-state index in [2.05, 4.69) is 55.0 Å². The van der Waals surface area contributed by atoms with Gasteiger partial charge in [-0.15, -0.1) is 0 Å². The number of hydrogen-bond acceptors (Lipinski definition) is 7. The molecule has 0 radical (unpaired) electrons. The van der Waals surface area contributed by atoms with Crippen molar-refractivity contribution in [2.75, 3.05) is 41.7 Å². The Labute approximate surface area is 223 Å². The lowest BCUT2D eigenvalue weighted by molar-refractivity contribution is 0.293. The summed E-state index contributed by atoms with van der Waals surface area (Å²) < 4.78 is 22.6. The molecular formula is C24H29Cl2N7O2S.